The number of hydrogen-bond acceptors (Lipinski definition) is 3. The van der Waals surface area contributed by atoms with Gasteiger partial charge in [-0.15, -0.1) is 0 Å². The van der Waals surface area contributed by atoms with Gasteiger partial charge in [-0.2, -0.15) is 0 Å². The SMILES string of the molecule is CCCNC(Cc1cccc(OC)c1)C1CCCCO1. The summed E-state index contributed by atoms with van der Waals surface area (Å²) in [4.78, 5) is 0. The van der Waals surface area contributed by atoms with Gasteiger partial charge < -0.3 is 14.8 Å². The van der Waals surface area contributed by atoms with Gasteiger partial charge in [0.2, 0.25) is 0 Å². The molecule has 2 atom stereocenters. The third-order valence-electron chi connectivity index (χ3n) is 3.91. The second-order valence-corrected chi connectivity index (χ2v) is 5.52. The van der Waals surface area contributed by atoms with Gasteiger partial charge >= 0.3 is 0 Å². The highest BCUT2D eigenvalue weighted by Crippen LogP contribution is 2.20. The topological polar surface area (TPSA) is 30.5 Å². The Balaban J connectivity index is 2.01. The van der Waals surface area contributed by atoms with E-state index in [2.05, 4.69) is 30.4 Å². The van der Waals surface area contributed by atoms with E-state index in [0.717, 1.165) is 31.7 Å². The van der Waals surface area contributed by atoms with Gasteiger partial charge in [0.1, 0.15) is 5.75 Å². The highest BCUT2D eigenvalue weighted by Gasteiger charge is 2.24. The van der Waals surface area contributed by atoms with Gasteiger partial charge in [-0.1, -0.05) is 19.1 Å². The van der Waals surface area contributed by atoms with Crippen LogP contribution in [0.4, 0.5) is 0 Å². The minimum Gasteiger partial charge on any atom is -0.497 e. The highest BCUT2D eigenvalue weighted by atomic mass is 16.5. The van der Waals surface area contributed by atoms with Crippen LogP contribution in [-0.4, -0.2) is 32.4 Å². The van der Waals surface area contributed by atoms with Crippen molar-refractivity contribution < 1.29 is 9.47 Å². The fourth-order valence-electron chi connectivity index (χ4n) is 2.80. The number of ether oxygens (including phenoxy) is 2. The lowest BCUT2D eigenvalue weighted by Crippen LogP contribution is -2.44. The first-order chi connectivity index (χ1) is 9.83. The van der Waals surface area contributed by atoms with Gasteiger partial charge in [-0.3, -0.25) is 0 Å². The van der Waals surface area contributed by atoms with Crippen LogP contribution in [0.2, 0.25) is 0 Å². The van der Waals surface area contributed by atoms with Crippen LogP contribution in [0.15, 0.2) is 24.3 Å². The maximum atomic E-state index is 5.97. The van der Waals surface area contributed by atoms with Crippen LogP contribution in [0.25, 0.3) is 0 Å². The van der Waals surface area contributed by atoms with Crippen molar-refractivity contribution in [2.75, 3.05) is 20.3 Å². The van der Waals surface area contributed by atoms with Gasteiger partial charge in [-0.05, 0) is 56.3 Å². The molecule has 1 heterocycles. The average Bonchev–Trinajstić information content (AvgIpc) is 2.52. The molecule has 20 heavy (non-hydrogen) atoms. The van der Waals surface area contributed by atoms with Gasteiger partial charge in [0.25, 0.3) is 0 Å². The molecule has 0 amide bonds. The van der Waals surface area contributed by atoms with Crippen molar-refractivity contribution >= 4 is 0 Å². The van der Waals surface area contributed by atoms with E-state index in [1.165, 1.54) is 24.8 Å². The quantitative estimate of drug-likeness (QED) is 0.830. The first-order valence-electron chi connectivity index (χ1n) is 7.81. The molecule has 1 aliphatic heterocycles. The minimum absolute atomic E-state index is 0.349. The van der Waals surface area contributed by atoms with Crippen LogP contribution in [0, 0.1) is 0 Å². The fraction of sp³-hybridized carbons (Fsp3) is 0.647. The zero-order valence-electron chi connectivity index (χ0n) is 12.7. The van der Waals surface area contributed by atoms with E-state index in [9.17, 15) is 0 Å². The highest BCUT2D eigenvalue weighted by molar-refractivity contribution is 5.29. The molecule has 0 aliphatic carbocycles. The Kier molecular flexibility index (Phi) is 6.34. The maximum Gasteiger partial charge on any atom is 0.119 e. The van der Waals surface area contributed by atoms with E-state index >= 15 is 0 Å². The summed E-state index contributed by atoms with van der Waals surface area (Å²) in [5.41, 5.74) is 1.31. The van der Waals surface area contributed by atoms with Crippen LogP contribution >= 0.6 is 0 Å². The van der Waals surface area contributed by atoms with Crippen LogP contribution in [0.5, 0.6) is 5.75 Å². The van der Waals surface area contributed by atoms with Crippen molar-refractivity contribution in [3.05, 3.63) is 29.8 Å². The molecule has 3 nitrogen and oxygen atoms in total. The van der Waals surface area contributed by atoms with E-state index in [0.29, 0.717) is 12.1 Å². The van der Waals surface area contributed by atoms with Gasteiger partial charge in [0.15, 0.2) is 0 Å². The molecule has 1 N–H and O–H groups in total. The largest absolute Gasteiger partial charge is 0.497 e. The predicted octanol–water partition coefficient (Wildman–Crippen LogP) is 3.18. The van der Waals surface area contributed by atoms with Crippen LogP contribution in [0.3, 0.4) is 0 Å². The first kappa shape index (κ1) is 15.3. The van der Waals surface area contributed by atoms with E-state index in [4.69, 9.17) is 9.47 Å². The van der Waals surface area contributed by atoms with Crippen molar-refractivity contribution in [3.63, 3.8) is 0 Å². The molecule has 0 radical (unpaired) electrons. The van der Waals surface area contributed by atoms with Crippen molar-refractivity contribution in [1.29, 1.82) is 0 Å². The maximum absolute atomic E-state index is 5.97. The first-order valence-corrected chi connectivity index (χ1v) is 7.81. The summed E-state index contributed by atoms with van der Waals surface area (Å²) in [7, 11) is 1.72. The molecule has 0 aromatic heterocycles. The smallest absolute Gasteiger partial charge is 0.119 e. The van der Waals surface area contributed by atoms with Crippen LogP contribution in [0.1, 0.15) is 38.2 Å². The third-order valence-corrected chi connectivity index (χ3v) is 3.91. The fourth-order valence-corrected chi connectivity index (χ4v) is 2.80. The predicted molar refractivity (Wildman–Crippen MR) is 82.4 cm³/mol. The number of benzene rings is 1. The molecule has 0 bridgehead atoms. The molecule has 2 rings (SSSR count). The normalized spacial score (nSPS) is 20.6. The van der Waals surface area contributed by atoms with Gasteiger partial charge in [0, 0.05) is 12.6 Å². The van der Waals surface area contributed by atoms with Crippen molar-refractivity contribution in [2.45, 2.75) is 51.2 Å². The molecule has 0 saturated carbocycles. The van der Waals surface area contributed by atoms with E-state index in [1.54, 1.807) is 7.11 Å². The molecular weight excluding hydrogens is 250 g/mol. The zero-order valence-corrected chi connectivity index (χ0v) is 12.7. The number of hydrogen-bond donors (Lipinski definition) is 1. The second-order valence-electron chi connectivity index (χ2n) is 5.52. The number of nitrogens with one attached hydrogen (secondary N) is 1. The molecule has 3 heteroatoms. The van der Waals surface area contributed by atoms with Crippen molar-refractivity contribution in [2.24, 2.45) is 0 Å². The molecule has 1 aromatic rings. The summed E-state index contributed by atoms with van der Waals surface area (Å²) < 4.78 is 11.3. The monoisotopic (exact) mass is 277 g/mol. The summed E-state index contributed by atoms with van der Waals surface area (Å²) >= 11 is 0. The number of rotatable bonds is 7. The summed E-state index contributed by atoms with van der Waals surface area (Å²) in [5, 5.41) is 3.66. The molecule has 1 saturated heterocycles. The Morgan fingerprint density at radius 2 is 2.30 bits per heavy atom. The molecule has 1 aliphatic rings. The summed E-state index contributed by atoms with van der Waals surface area (Å²) in [6, 6.07) is 8.76. The lowest BCUT2D eigenvalue weighted by molar-refractivity contribution is -0.00738. The zero-order chi connectivity index (χ0) is 14.2. The van der Waals surface area contributed by atoms with Crippen molar-refractivity contribution in [3.8, 4) is 5.75 Å². The molecule has 2 unspecified atom stereocenters. The van der Waals surface area contributed by atoms with Crippen LogP contribution < -0.4 is 10.1 Å². The lowest BCUT2D eigenvalue weighted by Gasteiger charge is -2.31. The lowest BCUT2D eigenvalue weighted by atomic mass is 9.96. The number of methoxy groups -OCH3 is 1. The minimum atomic E-state index is 0.349. The summed E-state index contributed by atoms with van der Waals surface area (Å²) in [6.45, 7) is 4.17. The van der Waals surface area contributed by atoms with Crippen LogP contribution in [-0.2, 0) is 11.2 Å². The molecular formula is C17H27NO2. The summed E-state index contributed by atoms with van der Waals surface area (Å²) in [5.74, 6) is 0.932. The van der Waals surface area contributed by atoms with Gasteiger partial charge in [0.05, 0.1) is 13.2 Å². The molecule has 112 valence electrons. The van der Waals surface area contributed by atoms with E-state index < -0.39 is 0 Å². The molecule has 1 aromatic carbocycles. The van der Waals surface area contributed by atoms with E-state index in [1.807, 2.05) is 6.07 Å². The standard InChI is InChI=1S/C17H27NO2/c1-3-10-18-16(17-9-4-5-11-20-17)13-14-7-6-8-15(12-14)19-2/h6-8,12,16-18H,3-5,9-11,13H2,1-2H3. The average molecular weight is 277 g/mol. The Hall–Kier alpha value is -1.06. The Bertz CT molecular complexity index is 388. The third kappa shape index (κ3) is 4.50. The van der Waals surface area contributed by atoms with Gasteiger partial charge in [-0.25, -0.2) is 0 Å². The molecule has 1 fully saturated rings. The Morgan fingerprint density at radius 1 is 1.40 bits per heavy atom. The molecule has 0 spiro atoms. The second kappa shape index (κ2) is 8.28. The Morgan fingerprint density at radius 3 is 3.00 bits per heavy atom. The summed E-state index contributed by atoms with van der Waals surface area (Å²) in [6.07, 6.45) is 6.17. The van der Waals surface area contributed by atoms with E-state index in [-0.39, 0.29) is 0 Å². The van der Waals surface area contributed by atoms with Crippen molar-refractivity contribution in [1.82, 2.24) is 5.32 Å². The Labute approximate surface area is 122 Å².